The highest BCUT2D eigenvalue weighted by Gasteiger charge is 2.15. The van der Waals surface area contributed by atoms with Crippen molar-refractivity contribution in [3.63, 3.8) is 0 Å². The molecule has 0 radical (unpaired) electrons. The normalized spacial score (nSPS) is 12.4. The number of carboxylic acid groups (broad SMARTS) is 1. The Morgan fingerprint density at radius 3 is 2.71 bits per heavy atom. The first kappa shape index (κ1) is 10.9. The molecule has 0 aliphatic rings. The molecule has 14 heavy (non-hydrogen) atoms. The Bertz CT molecular complexity index is 329. The van der Waals surface area contributed by atoms with E-state index in [1.165, 1.54) is 6.07 Å². The van der Waals surface area contributed by atoms with Gasteiger partial charge in [-0.25, -0.2) is 0 Å². The standard InChI is InChI=1S/C10H11ClO3/c1-6(10(13)14)5-7-8(11)3-2-4-9(7)12/h2-4,6,12H,5H2,1H3,(H,13,14). The monoisotopic (exact) mass is 214 g/mol. The van der Waals surface area contributed by atoms with Gasteiger partial charge in [0.25, 0.3) is 0 Å². The lowest BCUT2D eigenvalue weighted by molar-refractivity contribution is -0.141. The van der Waals surface area contributed by atoms with Gasteiger partial charge in [-0.2, -0.15) is 0 Å². The molecule has 1 atom stereocenters. The maximum atomic E-state index is 10.6. The number of carbonyl (C=O) groups is 1. The van der Waals surface area contributed by atoms with Gasteiger partial charge in [-0.1, -0.05) is 24.6 Å². The predicted octanol–water partition coefficient (Wildman–Crippen LogP) is 2.31. The summed E-state index contributed by atoms with van der Waals surface area (Å²) in [7, 11) is 0. The molecule has 0 heterocycles. The summed E-state index contributed by atoms with van der Waals surface area (Å²) in [6.07, 6.45) is 0.237. The molecule has 3 nitrogen and oxygen atoms in total. The summed E-state index contributed by atoms with van der Waals surface area (Å²) in [4.78, 5) is 10.6. The molecule has 0 bridgehead atoms. The first-order valence-electron chi connectivity index (χ1n) is 4.21. The third-order valence-electron chi connectivity index (χ3n) is 2.03. The molecule has 76 valence electrons. The number of phenolic OH excluding ortho intramolecular Hbond substituents is 1. The highest BCUT2D eigenvalue weighted by molar-refractivity contribution is 6.31. The van der Waals surface area contributed by atoms with Crippen LogP contribution >= 0.6 is 11.6 Å². The van der Waals surface area contributed by atoms with Crippen LogP contribution in [-0.4, -0.2) is 16.2 Å². The van der Waals surface area contributed by atoms with E-state index in [4.69, 9.17) is 16.7 Å². The minimum Gasteiger partial charge on any atom is -0.508 e. The van der Waals surface area contributed by atoms with Gasteiger partial charge in [0.05, 0.1) is 5.92 Å². The summed E-state index contributed by atoms with van der Waals surface area (Å²) < 4.78 is 0. The molecule has 0 saturated heterocycles. The van der Waals surface area contributed by atoms with Crippen molar-refractivity contribution < 1.29 is 15.0 Å². The van der Waals surface area contributed by atoms with Gasteiger partial charge >= 0.3 is 5.97 Å². The Hall–Kier alpha value is -1.22. The third kappa shape index (κ3) is 2.39. The van der Waals surface area contributed by atoms with Crippen LogP contribution in [0.5, 0.6) is 5.75 Å². The number of hydrogen-bond acceptors (Lipinski definition) is 2. The zero-order valence-electron chi connectivity index (χ0n) is 7.70. The molecule has 0 aliphatic heterocycles. The topological polar surface area (TPSA) is 57.5 Å². The fraction of sp³-hybridized carbons (Fsp3) is 0.300. The van der Waals surface area contributed by atoms with Crippen molar-refractivity contribution in [1.82, 2.24) is 0 Å². The van der Waals surface area contributed by atoms with Gasteiger partial charge in [-0.05, 0) is 18.6 Å². The van der Waals surface area contributed by atoms with E-state index in [0.717, 1.165) is 0 Å². The molecule has 0 fully saturated rings. The summed E-state index contributed by atoms with van der Waals surface area (Å²) >= 11 is 5.83. The van der Waals surface area contributed by atoms with Gasteiger partial charge in [-0.3, -0.25) is 4.79 Å². The molecule has 4 heteroatoms. The molecule has 0 aliphatic carbocycles. The molecular weight excluding hydrogens is 204 g/mol. The van der Waals surface area contributed by atoms with Gasteiger partial charge in [0.1, 0.15) is 5.75 Å². The van der Waals surface area contributed by atoms with E-state index < -0.39 is 11.9 Å². The van der Waals surface area contributed by atoms with Gasteiger partial charge in [0, 0.05) is 10.6 Å². The number of phenols is 1. The van der Waals surface area contributed by atoms with Crippen molar-refractivity contribution in [3.05, 3.63) is 28.8 Å². The maximum absolute atomic E-state index is 10.6. The Balaban J connectivity index is 2.91. The summed E-state index contributed by atoms with van der Waals surface area (Å²) in [5.74, 6) is -1.41. The molecule has 2 N–H and O–H groups in total. The van der Waals surface area contributed by atoms with Crippen molar-refractivity contribution in [2.24, 2.45) is 5.92 Å². The summed E-state index contributed by atoms with van der Waals surface area (Å²) in [5.41, 5.74) is 0.490. The van der Waals surface area contributed by atoms with Gasteiger partial charge < -0.3 is 10.2 Å². The van der Waals surface area contributed by atoms with E-state index in [9.17, 15) is 9.90 Å². The van der Waals surface area contributed by atoms with E-state index >= 15 is 0 Å². The van der Waals surface area contributed by atoms with Crippen molar-refractivity contribution >= 4 is 17.6 Å². The Kier molecular flexibility index (Phi) is 3.36. The first-order chi connectivity index (χ1) is 6.52. The van der Waals surface area contributed by atoms with Gasteiger partial charge in [0.15, 0.2) is 0 Å². The van der Waals surface area contributed by atoms with E-state index in [1.807, 2.05) is 0 Å². The smallest absolute Gasteiger partial charge is 0.306 e. The zero-order valence-corrected chi connectivity index (χ0v) is 8.45. The van der Waals surface area contributed by atoms with Crippen LogP contribution < -0.4 is 0 Å². The van der Waals surface area contributed by atoms with Crippen LogP contribution in [0.3, 0.4) is 0 Å². The lowest BCUT2D eigenvalue weighted by Crippen LogP contribution is -2.12. The zero-order chi connectivity index (χ0) is 10.7. The summed E-state index contributed by atoms with van der Waals surface area (Å²) in [6, 6.07) is 4.74. The van der Waals surface area contributed by atoms with E-state index in [-0.39, 0.29) is 12.2 Å². The molecule has 0 aromatic heterocycles. The highest BCUT2D eigenvalue weighted by atomic mass is 35.5. The lowest BCUT2D eigenvalue weighted by Gasteiger charge is -2.09. The van der Waals surface area contributed by atoms with Crippen LogP contribution in [0.25, 0.3) is 0 Å². The summed E-state index contributed by atoms with van der Waals surface area (Å²) in [5, 5.41) is 18.5. The number of rotatable bonds is 3. The average molecular weight is 215 g/mol. The molecule has 0 spiro atoms. The lowest BCUT2D eigenvalue weighted by atomic mass is 10.0. The number of benzene rings is 1. The fourth-order valence-corrected chi connectivity index (χ4v) is 1.39. The minimum absolute atomic E-state index is 0.0469. The van der Waals surface area contributed by atoms with Gasteiger partial charge in [0.2, 0.25) is 0 Å². The largest absolute Gasteiger partial charge is 0.508 e. The Morgan fingerprint density at radius 2 is 2.21 bits per heavy atom. The first-order valence-corrected chi connectivity index (χ1v) is 4.59. The second kappa shape index (κ2) is 4.33. The second-order valence-electron chi connectivity index (χ2n) is 3.18. The van der Waals surface area contributed by atoms with Crippen LogP contribution in [-0.2, 0) is 11.2 Å². The molecule has 1 rings (SSSR count). The SMILES string of the molecule is CC(Cc1c(O)cccc1Cl)C(=O)O. The number of halogens is 1. The number of aliphatic carboxylic acids is 1. The number of hydrogen-bond donors (Lipinski definition) is 2. The Morgan fingerprint density at radius 1 is 1.57 bits per heavy atom. The highest BCUT2D eigenvalue weighted by Crippen LogP contribution is 2.27. The van der Waals surface area contributed by atoms with Crippen molar-refractivity contribution in [1.29, 1.82) is 0 Å². The minimum atomic E-state index is -0.899. The van der Waals surface area contributed by atoms with Crippen molar-refractivity contribution in [2.75, 3.05) is 0 Å². The molecule has 1 aromatic carbocycles. The summed E-state index contributed by atoms with van der Waals surface area (Å²) in [6.45, 7) is 1.57. The van der Waals surface area contributed by atoms with Gasteiger partial charge in [-0.15, -0.1) is 0 Å². The van der Waals surface area contributed by atoms with E-state index in [0.29, 0.717) is 10.6 Å². The molecule has 1 aromatic rings. The number of carboxylic acids is 1. The van der Waals surface area contributed by atoms with Crippen LogP contribution in [0.4, 0.5) is 0 Å². The maximum Gasteiger partial charge on any atom is 0.306 e. The van der Waals surface area contributed by atoms with Crippen LogP contribution in [0, 0.1) is 5.92 Å². The van der Waals surface area contributed by atoms with Crippen molar-refractivity contribution in [3.8, 4) is 5.75 Å². The molecule has 1 unspecified atom stereocenters. The fourth-order valence-electron chi connectivity index (χ4n) is 1.14. The molecule has 0 amide bonds. The Labute approximate surface area is 86.9 Å². The quantitative estimate of drug-likeness (QED) is 0.812. The molecule has 0 saturated carbocycles. The average Bonchev–Trinajstić information content (AvgIpc) is 2.11. The third-order valence-corrected chi connectivity index (χ3v) is 2.38. The van der Waals surface area contributed by atoms with Crippen LogP contribution in [0.2, 0.25) is 5.02 Å². The second-order valence-corrected chi connectivity index (χ2v) is 3.59. The van der Waals surface area contributed by atoms with Crippen molar-refractivity contribution in [2.45, 2.75) is 13.3 Å². The van der Waals surface area contributed by atoms with E-state index in [2.05, 4.69) is 0 Å². The van der Waals surface area contributed by atoms with Crippen LogP contribution in [0.15, 0.2) is 18.2 Å². The van der Waals surface area contributed by atoms with E-state index in [1.54, 1.807) is 19.1 Å². The predicted molar refractivity (Wildman–Crippen MR) is 53.6 cm³/mol. The number of aromatic hydroxyl groups is 1. The van der Waals surface area contributed by atoms with Crippen LogP contribution in [0.1, 0.15) is 12.5 Å². The molecular formula is C10H11ClO3.